The number of benzene rings is 1. The van der Waals surface area contributed by atoms with Gasteiger partial charge in [0.2, 0.25) is 0 Å². The molecule has 0 bridgehead atoms. The number of carbonyl (C=O) groups is 1. The third-order valence-electron chi connectivity index (χ3n) is 3.39. The summed E-state index contributed by atoms with van der Waals surface area (Å²) in [5.41, 5.74) is 1.22. The van der Waals surface area contributed by atoms with Crippen molar-refractivity contribution < 1.29 is 9.53 Å². The molecular weight excluding hydrogens is 200 g/mol. The summed E-state index contributed by atoms with van der Waals surface area (Å²) >= 11 is 0. The van der Waals surface area contributed by atoms with Gasteiger partial charge in [-0.15, -0.1) is 0 Å². The van der Waals surface area contributed by atoms with Crippen molar-refractivity contribution in [2.24, 2.45) is 17.8 Å². The van der Waals surface area contributed by atoms with Gasteiger partial charge in [-0.05, 0) is 17.9 Å². The fourth-order valence-electron chi connectivity index (χ4n) is 2.34. The zero-order valence-corrected chi connectivity index (χ0v) is 9.85. The van der Waals surface area contributed by atoms with E-state index < -0.39 is 0 Å². The lowest BCUT2D eigenvalue weighted by Gasteiger charge is -2.18. The third kappa shape index (κ3) is 2.26. The Kier molecular flexibility index (Phi) is 3.28. The van der Waals surface area contributed by atoms with Crippen molar-refractivity contribution in [2.75, 3.05) is 6.61 Å². The van der Waals surface area contributed by atoms with Crippen molar-refractivity contribution in [1.29, 1.82) is 0 Å². The fourth-order valence-corrected chi connectivity index (χ4v) is 2.34. The zero-order chi connectivity index (χ0) is 11.5. The van der Waals surface area contributed by atoms with Crippen molar-refractivity contribution >= 4 is 5.97 Å². The molecule has 0 radical (unpaired) electrons. The average molecular weight is 218 g/mol. The van der Waals surface area contributed by atoms with Gasteiger partial charge >= 0.3 is 5.97 Å². The Bertz CT molecular complexity index is 356. The highest BCUT2D eigenvalue weighted by atomic mass is 16.5. The molecule has 86 valence electrons. The second kappa shape index (κ2) is 4.69. The molecule has 1 heterocycles. The first-order valence-corrected chi connectivity index (χ1v) is 5.89. The SMILES string of the molecule is CC(C)[C@H]1COC(=O)[C@@H]1Cc1ccccc1. The Hall–Kier alpha value is -1.31. The maximum Gasteiger partial charge on any atom is 0.309 e. The van der Waals surface area contributed by atoms with Gasteiger partial charge in [-0.3, -0.25) is 4.79 Å². The van der Waals surface area contributed by atoms with E-state index in [1.165, 1.54) is 5.56 Å². The molecule has 0 spiro atoms. The second-order valence-electron chi connectivity index (χ2n) is 4.83. The first-order valence-electron chi connectivity index (χ1n) is 5.89. The molecule has 2 heteroatoms. The van der Waals surface area contributed by atoms with Crippen LogP contribution in [0, 0.1) is 17.8 Å². The monoisotopic (exact) mass is 218 g/mol. The molecule has 1 fully saturated rings. The molecular formula is C14H18O2. The molecule has 16 heavy (non-hydrogen) atoms. The molecule has 2 nitrogen and oxygen atoms in total. The minimum atomic E-state index is -0.0254. The maximum absolute atomic E-state index is 11.7. The van der Waals surface area contributed by atoms with Crippen molar-refractivity contribution in [1.82, 2.24) is 0 Å². The summed E-state index contributed by atoms with van der Waals surface area (Å²) in [4.78, 5) is 11.7. The van der Waals surface area contributed by atoms with Crippen molar-refractivity contribution in [2.45, 2.75) is 20.3 Å². The lowest BCUT2D eigenvalue weighted by Crippen LogP contribution is -2.22. The summed E-state index contributed by atoms with van der Waals surface area (Å²) in [6.07, 6.45) is 0.808. The highest BCUT2D eigenvalue weighted by Crippen LogP contribution is 2.31. The van der Waals surface area contributed by atoms with Crippen LogP contribution in [-0.2, 0) is 16.0 Å². The van der Waals surface area contributed by atoms with Crippen LogP contribution in [0.25, 0.3) is 0 Å². The van der Waals surface area contributed by atoms with Crippen LogP contribution in [0.4, 0.5) is 0 Å². The molecule has 0 aliphatic carbocycles. The van der Waals surface area contributed by atoms with Gasteiger partial charge in [0, 0.05) is 5.92 Å². The largest absolute Gasteiger partial charge is 0.465 e. The smallest absolute Gasteiger partial charge is 0.309 e. The quantitative estimate of drug-likeness (QED) is 0.729. The predicted molar refractivity (Wildman–Crippen MR) is 62.9 cm³/mol. The Morgan fingerprint density at radius 2 is 2.00 bits per heavy atom. The minimum Gasteiger partial charge on any atom is -0.465 e. The van der Waals surface area contributed by atoms with Crippen LogP contribution < -0.4 is 0 Å². The molecule has 0 saturated carbocycles. The van der Waals surface area contributed by atoms with Gasteiger partial charge in [-0.2, -0.15) is 0 Å². The minimum absolute atomic E-state index is 0.0254. The fraction of sp³-hybridized carbons (Fsp3) is 0.500. The van der Waals surface area contributed by atoms with E-state index in [1.807, 2.05) is 18.2 Å². The Labute approximate surface area is 96.6 Å². The second-order valence-corrected chi connectivity index (χ2v) is 4.83. The molecule has 1 aliphatic heterocycles. The lowest BCUT2D eigenvalue weighted by molar-refractivity contribution is -0.141. The van der Waals surface area contributed by atoms with Crippen LogP contribution in [0.1, 0.15) is 19.4 Å². The number of ether oxygens (including phenoxy) is 1. The molecule has 0 aromatic heterocycles. The topological polar surface area (TPSA) is 26.3 Å². The lowest BCUT2D eigenvalue weighted by atomic mass is 9.82. The van der Waals surface area contributed by atoms with Gasteiger partial charge in [0.1, 0.15) is 0 Å². The molecule has 1 aromatic rings. The van der Waals surface area contributed by atoms with Crippen LogP contribution in [0.15, 0.2) is 30.3 Å². The number of cyclic esters (lactones) is 1. The first kappa shape index (κ1) is 11.2. The van der Waals surface area contributed by atoms with Gasteiger partial charge in [-0.1, -0.05) is 44.2 Å². The summed E-state index contributed by atoms with van der Waals surface area (Å²) in [6.45, 7) is 4.91. The highest BCUT2D eigenvalue weighted by molar-refractivity contribution is 5.75. The molecule has 2 rings (SSSR count). The number of carbonyl (C=O) groups excluding carboxylic acids is 1. The third-order valence-corrected chi connectivity index (χ3v) is 3.39. The molecule has 1 aliphatic rings. The zero-order valence-electron chi connectivity index (χ0n) is 9.85. The number of hydrogen-bond donors (Lipinski definition) is 0. The van der Waals surface area contributed by atoms with Crippen molar-refractivity contribution in [3.63, 3.8) is 0 Å². The van der Waals surface area contributed by atoms with Gasteiger partial charge < -0.3 is 4.74 Å². The van der Waals surface area contributed by atoms with Crippen LogP contribution in [0.3, 0.4) is 0 Å². The molecule has 0 N–H and O–H groups in total. The maximum atomic E-state index is 11.7. The van der Waals surface area contributed by atoms with E-state index in [9.17, 15) is 4.79 Å². The number of esters is 1. The first-order chi connectivity index (χ1) is 7.68. The van der Waals surface area contributed by atoms with E-state index in [2.05, 4.69) is 26.0 Å². The molecule has 0 amide bonds. The molecule has 1 saturated heterocycles. The van der Waals surface area contributed by atoms with E-state index in [-0.39, 0.29) is 11.9 Å². The van der Waals surface area contributed by atoms with Gasteiger partial charge in [-0.25, -0.2) is 0 Å². The van der Waals surface area contributed by atoms with E-state index in [4.69, 9.17) is 4.74 Å². The van der Waals surface area contributed by atoms with Crippen LogP contribution >= 0.6 is 0 Å². The number of rotatable bonds is 3. The average Bonchev–Trinajstić information content (AvgIpc) is 2.62. The van der Waals surface area contributed by atoms with Crippen LogP contribution in [0.5, 0.6) is 0 Å². The summed E-state index contributed by atoms with van der Waals surface area (Å²) in [5.74, 6) is 0.887. The summed E-state index contributed by atoms with van der Waals surface area (Å²) in [7, 11) is 0. The van der Waals surface area contributed by atoms with E-state index in [0.29, 0.717) is 18.4 Å². The van der Waals surface area contributed by atoms with Crippen molar-refractivity contribution in [3.05, 3.63) is 35.9 Å². The summed E-state index contributed by atoms with van der Waals surface area (Å²) in [6, 6.07) is 10.2. The predicted octanol–water partition coefficient (Wildman–Crippen LogP) is 2.67. The summed E-state index contributed by atoms with van der Waals surface area (Å²) in [5, 5.41) is 0. The standard InChI is InChI=1S/C14H18O2/c1-10(2)13-9-16-14(15)12(13)8-11-6-4-3-5-7-11/h3-7,10,12-13H,8-9H2,1-2H3/t12-,13-/m1/s1. The van der Waals surface area contributed by atoms with E-state index in [1.54, 1.807) is 0 Å². The number of hydrogen-bond acceptors (Lipinski definition) is 2. The normalized spacial score (nSPS) is 24.8. The van der Waals surface area contributed by atoms with Crippen molar-refractivity contribution in [3.8, 4) is 0 Å². The Morgan fingerprint density at radius 1 is 1.31 bits per heavy atom. The Balaban J connectivity index is 2.10. The molecule has 1 aromatic carbocycles. The van der Waals surface area contributed by atoms with Gasteiger partial charge in [0.15, 0.2) is 0 Å². The van der Waals surface area contributed by atoms with Gasteiger partial charge in [0.05, 0.1) is 12.5 Å². The highest BCUT2D eigenvalue weighted by Gasteiger charge is 2.38. The molecule has 0 unspecified atom stereocenters. The van der Waals surface area contributed by atoms with E-state index >= 15 is 0 Å². The van der Waals surface area contributed by atoms with Gasteiger partial charge in [0.25, 0.3) is 0 Å². The molecule has 2 atom stereocenters. The van der Waals surface area contributed by atoms with Crippen LogP contribution in [0.2, 0.25) is 0 Å². The Morgan fingerprint density at radius 3 is 2.62 bits per heavy atom. The van der Waals surface area contributed by atoms with Crippen LogP contribution in [-0.4, -0.2) is 12.6 Å². The summed E-state index contributed by atoms with van der Waals surface area (Å²) < 4.78 is 5.17. The van der Waals surface area contributed by atoms with E-state index in [0.717, 1.165) is 6.42 Å².